The second-order valence-corrected chi connectivity index (χ2v) is 8.35. The van der Waals surface area contributed by atoms with Gasteiger partial charge in [-0.15, -0.1) is 0 Å². The average Bonchev–Trinajstić information content (AvgIpc) is 2.54. The smallest absolute Gasteiger partial charge is 0.410 e. The van der Waals surface area contributed by atoms with Crippen LogP contribution in [0.2, 0.25) is 0 Å². The number of nitrogens with two attached hydrogens (primary N) is 1. The first-order chi connectivity index (χ1) is 10.9. The number of hydrogen-bond acceptors (Lipinski definition) is 5. The summed E-state index contributed by atoms with van der Waals surface area (Å²) in [5.41, 5.74) is 5.18. The van der Waals surface area contributed by atoms with Gasteiger partial charge in [0.25, 0.3) is 0 Å². The van der Waals surface area contributed by atoms with Crippen LogP contribution in [-0.2, 0) is 9.47 Å². The third-order valence-corrected chi connectivity index (χ3v) is 3.67. The fourth-order valence-corrected chi connectivity index (χ4v) is 2.48. The summed E-state index contributed by atoms with van der Waals surface area (Å²) < 4.78 is 10.6. The van der Waals surface area contributed by atoms with Crippen molar-refractivity contribution in [2.45, 2.75) is 71.6 Å². The molecule has 0 aromatic carbocycles. The summed E-state index contributed by atoms with van der Waals surface area (Å²) in [6, 6.07) is -0.0765. The Kier molecular flexibility index (Phi) is 6.89. The predicted octanol–water partition coefficient (Wildman–Crippen LogP) is 2.49. The van der Waals surface area contributed by atoms with Crippen LogP contribution >= 0.6 is 0 Å². The van der Waals surface area contributed by atoms with Gasteiger partial charge in [0.2, 0.25) is 0 Å². The van der Waals surface area contributed by atoms with Crippen LogP contribution in [0.4, 0.5) is 9.59 Å². The van der Waals surface area contributed by atoms with E-state index >= 15 is 0 Å². The monoisotopic (exact) mass is 343 g/mol. The average molecular weight is 343 g/mol. The number of nitrogens with one attached hydrogen (secondary N) is 1. The molecule has 0 bridgehead atoms. The second-order valence-electron chi connectivity index (χ2n) is 8.35. The predicted molar refractivity (Wildman–Crippen MR) is 92.7 cm³/mol. The molecule has 0 aliphatic carbocycles. The number of hydrogen-bond donors (Lipinski definition) is 2. The molecule has 0 radical (unpaired) electrons. The van der Waals surface area contributed by atoms with Gasteiger partial charge in [0.1, 0.15) is 11.2 Å². The quantitative estimate of drug-likeness (QED) is 0.803. The zero-order chi connectivity index (χ0) is 18.5. The Hall–Kier alpha value is -1.50. The minimum absolute atomic E-state index is 0.0765. The van der Waals surface area contributed by atoms with Crippen molar-refractivity contribution < 1.29 is 19.1 Å². The molecule has 7 nitrogen and oxygen atoms in total. The summed E-state index contributed by atoms with van der Waals surface area (Å²) in [6.45, 7) is 12.6. The molecule has 0 spiro atoms. The van der Waals surface area contributed by atoms with Crippen LogP contribution in [-0.4, -0.2) is 54.0 Å². The molecule has 2 amide bonds. The van der Waals surface area contributed by atoms with Gasteiger partial charge in [-0.3, -0.25) is 0 Å². The summed E-state index contributed by atoms with van der Waals surface area (Å²) in [5.74, 6) is 0.102. The first-order valence-corrected chi connectivity index (χ1v) is 8.58. The molecule has 1 saturated heterocycles. The molecule has 1 aliphatic heterocycles. The van der Waals surface area contributed by atoms with E-state index in [4.69, 9.17) is 15.2 Å². The molecule has 1 fully saturated rings. The minimum atomic E-state index is -0.525. The molecule has 0 aromatic rings. The van der Waals surface area contributed by atoms with Crippen molar-refractivity contribution in [3.8, 4) is 0 Å². The summed E-state index contributed by atoms with van der Waals surface area (Å²) in [6.07, 6.45) is 0.647. The summed E-state index contributed by atoms with van der Waals surface area (Å²) in [4.78, 5) is 25.6. The zero-order valence-corrected chi connectivity index (χ0v) is 15.8. The van der Waals surface area contributed by atoms with Gasteiger partial charge in [0.15, 0.2) is 0 Å². The number of nitrogens with zero attached hydrogens (tertiary/aromatic N) is 1. The summed E-state index contributed by atoms with van der Waals surface area (Å²) >= 11 is 0. The molecule has 1 aliphatic rings. The number of rotatable bonds is 2. The van der Waals surface area contributed by atoms with E-state index in [1.165, 1.54) is 0 Å². The Labute approximate surface area is 145 Å². The lowest BCUT2D eigenvalue weighted by molar-refractivity contribution is 0.0253. The van der Waals surface area contributed by atoms with Crippen LogP contribution in [0.15, 0.2) is 0 Å². The highest BCUT2D eigenvalue weighted by Gasteiger charge is 2.29. The number of ether oxygens (including phenoxy) is 2. The van der Waals surface area contributed by atoms with E-state index in [1.807, 2.05) is 41.5 Å². The van der Waals surface area contributed by atoms with Crippen LogP contribution in [0.1, 0.15) is 54.4 Å². The molecule has 2 atom stereocenters. The van der Waals surface area contributed by atoms with E-state index in [9.17, 15) is 9.59 Å². The lowest BCUT2D eigenvalue weighted by Crippen LogP contribution is -2.41. The van der Waals surface area contributed by atoms with Gasteiger partial charge in [0.05, 0.1) is 0 Å². The highest BCUT2D eigenvalue weighted by molar-refractivity contribution is 5.68. The molecular formula is C17H33N3O4. The SMILES string of the molecule is CC(C)(C)OC(=O)NCC1CCN(C(=O)OC(C)(C)C)CCC1N. The first-order valence-electron chi connectivity index (χ1n) is 8.58. The first kappa shape index (κ1) is 20.5. The normalized spacial score (nSPS) is 22.5. The Morgan fingerprint density at radius 1 is 1.04 bits per heavy atom. The van der Waals surface area contributed by atoms with E-state index < -0.39 is 17.3 Å². The third-order valence-electron chi connectivity index (χ3n) is 3.67. The molecule has 0 aromatic heterocycles. The lowest BCUT2D eigenvalue weighted by atomic mass is 9.96. The molecular weight excluding hydrogens is 310 g/mol. The highest BCUT2D eigenvalue weighted by Crippen LogP contribution is 2.19. The standard InChI is InChI=1S/C17H33N3O4/c1-16(2,3)23-14(21)19-11-12-7-9-20(10-8-13(12)18)15(22)24-17(4,5)6/h12-13H,7-11,18H2,1-6H3,(H,19,21). The number of likely N-dealkylation sites (tertiary alicyclic amines) is 1. The molecule has 0 saturated carbocycles. The number of alkyl carbamates (subject to hydrolysis) is 1. The van der Waals surface area contributed by atoms with Gasteiger partial charge in [-0.25, -0.2) is 9.59 Å². The van der Waals surface area contributed by atoms with Crippen molar-refractivity contribution in [1.29, 1.82) is 0 Å². The van der Waals surface area contributed by atoms with Crippen molar-refractivity contribution in [2.75, 3.05) is 19.6 Å². The minimum Gasteiger partial charge on any atom is -0.444 e. The Bertz CT molecular complexity index is 440. The largest absolute Gasteiger partial charge is 0.444 e. The van der Waals surface area contributed by atoms with E-state index in [1.54, 1.807) is 4.90 Å². The molecule has 3 N–H and O–H groups in total. The fourth-order valence-electron chi connectivity index (χ4n) is 2.48. The van der Waals surface area contributed by atoms with Crippen molar-refractivity contribution in [1.82, 2.24) is 10.2 Å². The molecule has 1 heterocycles. The Balaban J connectivity index is 2.50. The number of amides is 2. The maximum Gasteiger partial charge on any atom is 0.410 e. The lowest BCUT2D eigenvalue weighted by Gasteiger charge is -2.26. The van der Waals surface area contributed by atoms with Crippen LogP contribution in [0, 0.1) is 5.92 Å². The van der Waals surface area contributed by atoms with E-state index in [-0.39, 0.29) is 18.1 Å². The van der Waals surface area contributed by atoms with E-state index in [0.29, 0.717) is 26.1 Å². The van der Waals surface area contributed by atoms with Gasteiger partial charge < -0.3 is 25.4 Å². The summed E-state index contributed by atoms with van der Waals surface area (Å²) in [5, 5.41) is 2.77. The van der Waals surface area contributed by atoms with Crippen molar-refractivity contribution in [2.24, 2.45) is 11.7 Å². The van der Waals surface area contributed by atoms with Gasteiger partial charge in [-0.05, 0) is 60.3 Å². The van der Waals surface area contributed by atoms with Gasteiger partial charge in [-0.1, -0.05) is 0 Å². The van der Waals surface area contributed by atoms with Gasteiger partial charge >= 0.3 is 12.2 Å². The van der Waals surface area contributed by atoms with Crippen LogP contribution in [0.5, 0.6) is 0 Å². The second kappa shape index (κ2) is 8.05. The summed E-state index contributed by atoms with van der Waals surface area (Å²) in [7, 11) is 0. The van der Waals surface area contributed by atoms with Crippen LogP contribution < -0.4 is 11.1 Å². The van der Waals surface area contributed by atoms with Crippen molar-refractivity contribution >= 4 is 12.2 Å². The van der Waals surface area contributed by atoms with Crippen molar-refractivity contribution in [3.05, 3.63) is 0 Å². The van der Waals surface area contributed by atoms with E-state index in [0.717, 1.165) is 6.42 Å². The maximum atomic E-state index is 12.2. The molecule has 24 heavy (non-hydrogen) atoms. The Morgan fingerprint density at radius 3 is 2.12 bits per heavy atom. The molecule has 1 rings (SSSR count). The van der Waals surface area contributed by atoms with Crippen LogP contribution in [0.25, 0.3) is 0 Å². The van der Waals surface area contributed by atoms with Crippen LogP contribution in [0.3, 0.4) is 0 Å². The Morgan fingerprint density at radius 2 is 1.58 bits per heavy atom. The van der Waals surface area contributed by atoms with Crippen molar-refractivity contribution in [3.63, 3.8) is 0 Å². The number of carbonyl (C=O) groups excluding carboxylic acids is 2. The molecule has 2 unspecified atom stereocenters. The molecule has 7 heteroatoms. The highest BCUT2D eigenvalue weighted by atomic mass is 16.6. The van der Waals surface area contributed by atoms with E-state index in [2.05, 4.69) is 5.32 Å². The van der Waals surface area contributed by atoms with Gasteiger partial charge in [-0.2, -0.15) is 0 Å². The number of carbonyl (C=O) groups is 2. The third kappa shape index (κ3) is 7.86. The maximum absolute atomic E-state index is 12.2. The molecule has 140 valence electrons. The fraction of sp³-hybridized carbons (Fsp3) is 0.882. The zero-order valence-electron chi connectivity index (χ0n) is 15.8. The topological polar surface area (TPSA) is 93.9 Å². The van der Waals surface area contributed by atoms with Gasteiger partial charge in [0, 0.05) is 25.7 Å².